The number of morpholine rings is 2. The normalized spacial score (nSPS) is 13.7. The van der Waals surface area contributed by atoms with Crippen LogP contribution in [-0.2, 0) is 63.3 Å². The molecule has 2 aliphatic rings. The van der Waals surface area contributed by atoms with E-state index in [2.05, 4.69) is 41.6 Å². The molecule has 0 atom stereocenters. The van der Waals surface area contributed by atoms with E-state index < -0.39 is 55.6 Å². The smallest absolute Gasteiger partial charge is 0.744 e. The van der Waals surface area contributed by atoms with Gasteiger partial charge in [0.2, 0.25) is 23.8 Å². The number of benzene rings is 4. The second kappa shape index (κ2) is 29.7. The van der Waals surface area contributed by atoms with Crippen LogP contribution < -0.4 is 139 Å². The maximum atomic E-state index is 12.7. The Morgan fingerprint density at radius 2 is 0.973 bits per heavy atom. The second-order valence-electron chi connectivity index (χ2n) is 15.0. The van der Waals surface area contributed by atoms with Crippen molar-refractivity contribution in [3.05, 3.63) is 125 Å². The minimum atomic E-state index is -5.16. The number of ether oxygens (including phenoxy) is 2. The van der Waals surface area contributed by atoms with Gasteiger partial charge in [-0.2, -0.15) is 60.8 Å². The Bertz CT molecular complexity index is 3360. The van der Waals surface area contributed by atoms with Crippen LogP contribution >= 0.6 is 0 Å². The van der Waals surface area contributed by atoms with Gasteiger partial charge in [0.05, 0.1) is 41.1 Å². The third-order valence-electron chi connectivity index (χ3n) is 10.2. The van der Waals surface area contributed by atoms with E-state index in [0.717, 1.165) is 23.8 Å². The Morgan fingerprint density at radius 1 is 0.541 bits per heavy atom. The van der Waals surface area contributed by atoms with Crippen LogP contribution in [0.2, 0.25) is 0 Å². The molecule has 2 saturated heterocycles. The number of anilines is 6. The summed E-state index contributed by atoms with van der Waals surface area (Å²) in [6, 6.07) is 23.2. The van der Waals surface area contributed by atoms with Crippen molar-refractivity contribution in [1.29, 1.82) is 0 Å². The third-order valence-corrected chi connectivity index (χ3v) is 12.8. The standard InChI is InChI=1S/C42H41N10O11S3.4Na.O3S/c53-64(54,55)34-14-12-32(13-15-34)43-39-48-40(50-42(49-39)52-18-22-63-23-19-52)44-33-11-10-31(36(27-33)66(59,60)61)9-8-30-7-6-29(24-35(30)65(56,57)58)26-38-45-37(25-28-4-2-1-3-5-28)46-41(47-38)51-16-20-62-21-17-51;;;;;1-4(2)3/h2-15,24,27H,16-23,25-26H2,(H,53,54,55)(H,56,57,58)(H,59,60,61)(H2,43,44,48,49,50);;;;;/q-1;4*+1;/p-3/b9-8+;;;;;. The Kier molecular flexibility index (Phi) is 26.3. The fourth-order valence-corrected chi connectivity index (χ4v) is 8.84. The summed E-state index contributed by atoms with van der Waals surface area (Å²) in [5.41, 5.74) is 1.57. The van der Waals surface area contributed by atoms with Crippen LogP contribution in [0.25, 0.3) is 12.2 Å². The molecule has 2 aliphatic heterocycles. The maximum absolute atomic E-state index is 12.7. The molecule has 2 aromatic heterocycles. The monoisotopic (exact) mass is 1130 g/mol. The molecule has 8 rings (SSSR count). The van der Waals surface area contributed by atoms with E-state index in [4.69, 9.17) is 27.1 Å². The first-order valence-electron chi connectivity index (χ1n) is 20.6. The van der Waals surface area contributed by atoms with Gasteiger partial charge < -0.3 is 43.6 Å². The van der Waals surface area contributed by atoms with Crippen LogP contribution in [0, 0.1) is 6.07 Å². The van der Waals surface area contributed by atoms with Crippen LogP contribution in [0.15, 0.2) is 99.6 Å². The molecule has 2 fully saturated rings. The van der Waals surface area contributed by atoms with Gasteiger partial charge in [-0.3, -0.25) is 0 Å². The molecular weight excluding hydrogens is 1090 g/mol. The maximum Gasteiger partial charge on any atom is 1.00 e. The van der Waals surface area contributed by atoms with Crippen molar-refractivity contribution in [2.24, 2.45) is 0 Å². The van der Waals surface area contributed by atoms with Gasteiger partial charge in [-0.25, -0.2) is 30.2 Å². The first kappa shape index (κ1) is 65.4. The molecule has 0 saturated carbocycles. The van der Waals surface area contributed by atoms with E-state index in [0.29, 0.717) is 87.9 Å². The van der Waals surface area contributed by atoms with Gasteiger partial charge in [0.1, 0.15) is 42.0 Å². The molecule has 6 aromatic rings. The van der Waals surface area contributed by atoms with Gasteiger partial charge in [0.15, 0.2) is 0 Å². The number of nitrogens with zero attached hydrogens (tertiary/aromatic N) is 8. The van der Waals surface area contributed by atoms with Crippen LogP contribution in [-0.4, -0.2) is 134 Å². The predicted molar refractivity (Wildman–Crippen MR) is 245 cm³/mol. The Morgan fingerprint density at radius 3 is 1.46 bits per heavy atom. The fourth-order valence-electron chi connectivity index (χ4n) is 6.96. The number of hydrogen-bond acceptors (Lipinski definition) is 24. The molecule has 0 radical (unpaired) electrons. The molecule has 0 aliphatic carbocycles. The fraction of sp³-hybridized carbons (Fsp3) is 0.238. The van der Waals surface area contributed by atoms with Crippen LogP contribution in [0.3, 0.4) is 0 Å². The van der Waals surface area contributed by atoms with Crippen LogP contribution in [0.4, 0.5) is 35.2 Å². The topological polar surface area (TPSA) is 349 Å². The summed E-state index contributed by atoms with van der Waals surface area (Å²) in [6.45, 7) is 3.76. The Labute approximate surface area is 516 Å². The molecule has 0 bridgehead atoms. The van der Waals surface area contributed by atoms with E-state index in [1.807, 2.05) is 21.9 Å². The first-order chi connectivity index (χ1) is 33.3. The summed E-state index contributed by atoms with van der Waals surface area (Å²) in [5.74, 6) is 1.41. The van der Waals surface area contributed by atoms with E-state index in [-0.39, 0.29) is 159 Å². The zero-order chi connectivity index (χ0) is 50.1. The summed E-state index contributed by atoms with van der Waals surface area (Å²) in [6.07, 6.45) is 2.87. The molecule has 368 valence electrons. The summed E-state index contributed by atoms with van der Waals surface area (Å²) in [7, 11) is -18.0. The Hall–Kier alpha value is -2.89. The summed E-state index contributed by atoms with van der Waals surface area (Å²) < 4.78 is 146. The summed E-state index contributed by atoms with van der Waals surface area (Å²) >= 11 is 0. The van der Waals surface area contributed by atoms with Crippen molar-refractivity contribution >= 4 is 88.3 Å². The van der Waals surface area contributed by atoms with Crippen molar-refractivity contribution in [3.8, 4) is 0 Å². The van der Waals surface area contributed by atoms with Gasteiger partial charge in [-0.05, 0) is 59.2 Å². The number of rotatable bonds is 15. The van der Waals surface area contributed by atoms with Crippen molar-refractivity contribution in [2.75, 3.05) is 73.0 Å². The molecule has 32 heteroatoms. The molecular formula is C42H38N10Na4O14S4. The van der Waals surface area contributed by atoms with Crippen molar-refractivity contribution < 1.29 is 179 Å². The van der Waals surface area contributed by atoms with Gasteiger partial charge in [0.25, 0.3) is 0 Å². The SMILES string of the molecule is O=S(=O)([O-])c1ccc(Nc2nc(Nc3ccc(/C=C/c4ccc(Cc5nc(Cc6cc[c-]cc6)nc(N6CCOCC6)n5)cc4S(=O)(=O)[O-])c(S(=O)(=O)[O-])c3)nc(N3CCOCC3)n2)cc1.O=S(=O)=O.[Na+].[Na+].[Na+].[Na+]. The molecule has 0 spiro atoms. The number of nitrogens with one attached hydrogen (secondary N) is 2. The second-order valence-corrected chi connectivity index (χ2v) is 19.5. The van der Waals surface area contributed by atoms with Crippen molar-refractivity contribution in [2.45, 2.75) is 27.5 Å². The summed E-state index contributed by atoms with van der Waals surface area (Å²) in [5, 5.41) is 5.82. The largest absolute Gasteiger partial charge is 1.00 e. The average molecular weight is 1130 g/mol. The third kappa shape index (κ3) is 19.5. The van der Waals surface area contributed by atoms with E-state index in [9.17, 15) is 38.9 Å². The quantitative estimate of drug-likeness (QED) is 0.0417. The van der Waals surface area contributed by atoms with Gasteiger partial charge in [-0.15, -0.1) is 12.6 Å². The van der Waals surface area contributed by atoms with E-state index in [1.54, 1.807) is 18.2 Å². The molecule has 0 amide bonds. The molecule has 24 nitrogen and oxygen atoms in total. The molecule has 4 aromatic carbocycles. The van der Waals surface area contributed by atoms with E-state index in [1.165, 1.54) is 48.6 Å². The zero-order valence-corrected chi connectivity index (χ0v) is 51.5. The molecule has 2 N–H and O–H groups in total. The van der Waals surface area contributed by atoms with Crippen molar-refractivity contribution in [3.63, 3.8) is 0 Å². The van der Waals surface area contributed by atoms with Crippen LogP contribution in [0.1, 0.15) is 33.9 Å². The summed E-state index contributed by atoms with van der Waals surface area (Å²) in [4.78, 5) is 29.4. The number of aromatic nitrogens is 6. The first-order valence-corrected chi connectivity index (χ1v) is 25.8. The minimum Gasteiger partial charge on any atom is -0.744 e. The molecule has 4 heterocycles. The van der Waals surface area contributed by atoms with Gasteiger partial charge in [-0.1, -0.05) is 30.4 Å². The number of hydrogen-bond donors (Lipinski definition) is 2. The zero-order valence-electron chi connectivity index (χ0n) is 40.2. The van der Waals surface area contributed by atoms with E-state index >= 15 is 0 Å². The van der Waals surface area contributed by atoms with Crippen LogP contribution in [0.5, 0.6) is 0 Å². The molecule has 0 unspecified atom stereocenters. The Balaban J connectivity index is 0.00000174. The average Bonchev–Trinajstić information content (AvgIpc) is 3.31. The van der Waals surface area contributed by atoms with Gasteiger partial charge >= 0.3 is 129 Å². The molecule has 74 heavy (non-hydrogen) atoms. The van der Waals surface area contributed by atoms with Crippen molar-refractivity contribution in [1.82, 2.24) is 29.9 Å². The van der Waals surface area contributed by atoms with Gasteiger partial charge in [0, 0.05) is 50.4 Å². The minimum absolute atomic E-state index is 0. The predicted octanol–water partition coefficient (Wildman–Crippen LogP) is -9.91.